The first-order valence-corrected chi connectivity index (χ1v) is 4.38. The summed E-state index contributed by atoms with van der Waals surface area (Å²) in [4.78, 5) is 14.7. The maximum Gasteiger partial charge on any atom is 0.336 e. The van der Waals surface area contributed by atoms with Gasteiger partial charge in [0.15, 0.2) is 0 Å². The third kappa shape index (κ3) is 1.54. The Morgan fingerprint density at radius 3 is 2.87 bits per heavy atom. The van der Waals surface area contributed by atoms with Crippen molar-refractivity contribution in [3.63, 3.8) is 0 Å². The largest absolute Gasteiger partial charge is 0.478 e. The maximum absolute atomic E-state index is 13.4. The van der Waals surface area contributed by atoms with Gasteiger partial charge >= 0.3 is 5.97 Å². The monoisotopic (exact) mass is 205 g/mol. The van der Waals surface area contributed by atoms with Gasteiger partial charge < -0.3 is 5.11 Å². The van der Waals surface area contributed by atoms with E-state index in [1.165, 1.54) is 18.3 Å². The number of aryl methyl sites for hydroxylation is 1. The molecule has 3 nitrogen and oxygen atoms in total. The van der Waals surface area contributed by atoms with Crippen LogP contribution >= 0.6 is 0 Å². The van der Waals surface area contributed by atoms with Crippen LogP contribution in [0.4, 0.5) is 4.39 Å². The average molecular weight is 205 g/mol. The van der Waals surface area contributed by atoms with Crippen LogP contribution in [-0.2, 0) is 0 Å². The van der Waals surface area contributed by atoms with Crippen LogP contribution in [0.5, 0.6) is 0 Å². The Hall–Kier alpha value is -1.97. The summed E-state index contributed by atoms with van der Waals surface area (Å²) in [7, 11) is 0. The molecule has 0 fully saturated rings. The summed E-state index contributed by atoms with van der Waals surface area (Å²) in [5.74, 6) is -1.57. The second-order valence-electron chi connectivity index (χ2n) is 3.31. The number of nitrogens with zero attached hydrogens (tertiary/aromatic N) is 1. The van der Waals surface area contributed by atoms with Crippen LogP contribution in [0.3, 0.4) is 0 Å². The average Bonchev–Trinajstić information content (AvgIpc) is 2.16. The lowest BCUT2D eigenvalue weighted by atomic mass is 10.1. The summed E-state index contributed by atoms with van der Waals surface area (Å²) in [6.07, 6.45) is 1.30. The molecule has 76 valence electrons. The molecule has 0 saturated carbocycles. The Kier molecular flexibility index (Phi) is 2.11. The van der Waals surface area contributed by atoms with Crippen LogP contribution < -0.4 is 0 Å². The zero-order chi connectivity index (χ0) is 11.0. The molecular formula is C11H8FNO2. The van der Waals surface area contributed by atoms with Gasteiger partial charge in [-0.15, -0.1) is 0 Å². The summed E-state index contributed by atoms with van der Waals surface area (Å²) in [5, 5.41) is 9.25. The first-order valence-electron chi connectivity index (χ1n) is 4.38. The molecule has 0 bridgehead atoms. The van der Waals surface area contributed by atoms with Gasteiger partial charge in [-0.05, 0) is 30.7 Å². The quantitative estimate of drug-likeness (QED) is 0.777. The van der Waals surface area contributed by atoms with Crippen molar-refractivity contribution in [3.8, 4) is 0 Å². The first kappa shape index (κ1) is 9.58. The van der Waals surface area contributed by atoms with E-state index in [2.05, 4.69) is 4.98 Å². The number of halogens is 1. The van der Waals surface area contributed by atoms with Crippen LogP contribution in [0.1, 0.15) is 15.9 Å². The van der Waals surface area contributed by atoms with E-state index in [9.17, 15) is 9.18 Å². The molecule has 1 N–H and O–H groups in total. The highest BCUT2D eigenvalue weighted by Crippen LogP contribution is 2.21. The number of carbonyl (C=O) groups is 1. The predicted molar refractivity (Wildman–Crippen MR) is 53.4 cm³/mol. The highest BCUT2D eigenvalue weighted by atomic mass is 19.1. The van der Waals surface area contributed by atoms with Gasteiger partial charge in [0.1, 0.15) is 11.3 Å². The normalized spacial score (nSPS) is 10.5. The van der Waals surface area contributed by atoms with Crippen molar-refractivity contribution >= 4 is 16.9 Å². The van der Waals surface area contributed by atoms with Gasteiger partial charge in [0.2, 0.25) is 0 Å². The summed E-state index contributed by atoms with van der Waals surface area (Å²) in [6, 6.07) is 4.32. The van der Waals surface area contributed by atoms with Crippen molar-refractivity contribution < 1.29 is 14.3 Å². The minimum absolute atomic E-state index is 0.0719. The van der Waals surface area contributed by atoms with Gasteiger partial charge in [0.25, 0.3) is 0 Å². The zero-order valence-electron chi connectivity index (χ0n) is 7.99. The third-order valence-corrected chi connectivity index (χ3v) is 2.17. The molecule has 0 aliphatic rings. The molecule has 0 aliphatic heterocycles. The number of aromatic nitrogens is 1. The summed E-state index contributed by atoms with van der Waals surface area (Å²) in [6.45, 7) is 1.71. The molecule has 0 amide bonds. The van der Waals surface area contributed by atoms with Crippen molar-refractivity contribution in [1.82, 2.24) is 4.98 Å². The number of carboxylic acids is 1. The van der Waals surface area contributed by atoms with Crippen LogP contribution in [0, 0.1) is 12.7 Å². The smallest absolute Gasteiger partial charge is 0.336 e. The van der Waals surface area contributed by atoms with Crippen molar-refractivity contribution in [2.75, 3.05) is 0 Å². The van der Waals surface area contributed by atoms with E-state index in [0.717, 1.165) is 0 Å². The lowest BCUT2D eigenvalue weighted by molar-refractivity contribution is 0.0699. The second kappa shape index (κ2) is 3.31. The standard InChI is InChI=1S/C11H8FNO2/c1-6-4-8-7(11(14)15)2-3-13-10(8)9(12)5-6/h2-5H,1H3,(H,14,15). The molecule has 15 heavy (non-hydrogen) atoms. The fourth-order valence-corrected chi connectivity index (χ4v) is 1.53. The minimum atomic E-state index is -1.08. The SMILES string of the molecule is Cc1cc(F)c2nccc(C(=O)O)c2c1. The lowest BCUT2D eigenvalue weighted by Gasteiger charge is -2.03. The Bertz CT molecular complexity index is 552. The van der Waals surface area contributed by atoms with Crippen molar-refractivity contribution in [2.24, 2.45) is 0 Å². The summed E-state index contributed by atoms with van der Waals surface area (Å²) < 4.78 is 13.4. The number of hydrogen-bond acceptors (Lipinski definition) is 2. The molecule has 0 radical (unpaired) electrons. The van der Waals surface area contributed by atoms with Gasteiger partial charge in [-0.25, -0.2) is 9.18 Å². The number of pyridine rings is 1. The van der Waals surface area contributed by atoms with Crippen LogP contribution in [0.15, 0.2) is 24.4 Å². The number of carboxylic acid groups (broad SMARTS) is 1. The predicted octanol–water partition coefficient (Wildman–Crippen LogP) is 2.38. The molecule has 0 aliphatic carbocycles. The van der Waals surface area contributed by atoms with E-state index >= 15 is 0 Å². The molecule has 4 heteroatoms. The maximum atomic E-state index is 13.4. The highest BCUT2D eigenvalue weighted by molar-refractivity contribution is 6.02. The van der Waals surface area contributed by atoms with Crippen molar-refractivity contribution in [2.45, 2.75) is 6.92 Å². The number of rotatable bonds is 1. The zero-order valence-corrected chi connectivity index (χ0v) is 7.99. The molecule has 2 rings (SSSR count). The Balaban J connectivity index is 2.91. The Morgan fingerprint density at radius 1 is 1.47 bits per heavy atom. The molecule has 2 aromatic rings. The number of benzene rings is 1. The van der Waals surface area contributed by atoms with E-state index in [-0.39, 0.29) is 11.1 Å². The van der Waals surface area contributed by atoms with Gasteiger partial charge in [-0.2, -0.15) is 0 Å². The topological polar surface area (TPSA) is 50.2 Å². The fraction of sp³-hybridized carbons (Fsp3) is 0.0909. The Morgan fingerprint density at radius 2 is 2.20 bits per heavy atom. The number of hydrogen-bond donors (Lipinski definition) is 1. The molecule has 0 atom stereocenters. The second-order valence-corrected chi connectivity index (χ2v) is 3.31. The molecule has 0 saturated heterocycles. The molecule has 0 unspecified atom stereocenters. The van der Waals surface area contributed by atoms with E-state index in [4.69, 9.17) is 5.11 Å². The Labute approximate surface area is 85.2 Å². The van der Waals surface area contributed by atoms with Gasteiger partial charge in [0.05, 0.1) is 5.56 Å². The first-order chi connectivity index (χ1) is 7.09. The van der Waals surface area contributed by atoms with E-state index in [0.29, 0.717) is 10.9 Å². The fourth-order valence-electron chi connectivity index (χ4n) is 1.53. The molecule has 1 heterocycles. The van der Waals surface area contributed by atoms with E-state index < -0.39 is 11.8 Å². The van der Waals surface area contributed by atoms with E-state index in [1.807, 2.05) is 0 Å². The van der Waals surface area contributed by atoms with Gasteiger partial charge in [-0.1, -0.05) is 0 Å². The van der Waals surface area contributed by atoms with Crippen LogP contribution in [-0.4, -0.2) is 16.1 Å². The van der Waals surface area contributed by atoms with Crippen molar-refractivity contribution in [1.29, 1.82) is 0 Å². The van der Waals surface area contributed by atoms with Gasteiger partial charge in [-0.3, -0.25) is 4.98 Å². The summed E-state index contributed by atoms with van der Waals surface area (Å²) in [5.41, 5.74) is 0.846. The van der Waals surface area contributed by atoms with Crippen molar-refractivity contribution in [3.05, 3.63) is 41.3 Å². The lowest BCUT2D eigenvalue weighted by Crippen LogP contribution is -1.99. The highest BCUT2D eigenvalue weighted by Gasteiger charge is 2.11. The third-order valence-electron chi connectivity index (χ3n) is 2.17. The minimum Gasteiger partial charge on any atom is -0.478 e. The molecule has 1 aromatic carbocycles. The number of aromatic carboxylic acids is 1. The molecule has 1 aromatic heterocycles. The number of fused-ring (bicyclic) bond motifs is 1. The van der Waals surface area contributed by atoms with Gasteiger partial charge in [0, 0.05) is 11.6 Å². The van der Waals surface area contributed by atoms with Crippen LogP contribution in [0.25, 0.3) is 10.9 Å². The van der Waals surface area contributed by atoms with Crippen LogP contribution in [0.2, 0.25) is 0 Å². The molecule has 0 spiro atoms. The summed E-state index contributed by atoms with van der Waals surface area (Å²) >= 11 is 0. The van der Waals surface area contributed by atoms with E-state index in [1.54, 1.807) is 13.0 Å². The molecular weight excluding hydrogens is 197 g/mol.